The van der Waals surface area contributed by atoms with Crippen molar-refractivity contribution in [2.75, 3.05) is 47.0 Å². The normalized spacial score (nSPS) is 20.2. The summed E-state index contributed by atoms with van der Waals surface area (Å²) in [6.45, 7) is 2.63. The van der Waals surface area contributed by atoms with E-state index < -0.39 is 41.6 Å². The number of nitrogens with zero attached hydrogens (tertiary/aromatic N) is 4. The number of carbonyl (C=O) groups is 3. The molecule has 0 saturated carbocycles. The molecule has 2 aliphatic heterocycles. The van der Waals surface area contributed by atoms with Gasteiger partial charge in [-0.1, -0.05) is 12.1 Å². The lowest BCUT2D eigenvalue weighted by molar-refractivity contribution is -0.144. The van der Waals surface area contributed by atoms with Gasteiger partial charge in [0.05, 0.1) is 25.5 Å². The van der Waals surface area contributed by atoms with Crippen molar-refractivity contribution in [2.24, 2.45) is 10.9 Å². The van der Waals surface area contributed by atoms with Crippen LogP contribution in [-0.2, 0) is 14.3 Å². The third-order valence-corrected chi connectivity index (χ3v) is 7.27. The van der Waals surface area contributed by atoms with Gasteiger partial charge in [0.25, 0.3) is 0 Å². The lowest BCUT2D eigenvalue weighted by Crippen LogP contribution is -2.54. The maximum absolute atomic E-state index is 14.2. The van der Waals surface area contributed by atoms with E-state index in [0.29, 0.717) is 12.3 Å². The molecule has 0 bridgehead atoms. The molecule has 214 valence electrons. The maximum Gasteiger partial charge on any atom is 0.352 e. The smallest absolute Gasteiger partial charge is 0.352 e. The molecule has 4 amide bonds. The number of imide groups is 1. The molecule has 2 unspecified atom stereocenters. The van der Waals surface area contributed by atoms with Crippen molar-refractivity contribution < 1.29 is 32.6 Å². The van der Waals surface area contributed by atoms with Crippen LogP contribution >= 0.6 is 0 Å². The van der Waals surface area contributed by atoms with Gasteiger partial charge >= 0.3 is 18.0 Å². The molecule has 0 aliphatic carbocycles. The first kappa shape index (κ1) is 29.2. The van der Waals surface area contributed by atoms with Crippen LogP contribution in [-0.4, -0.2) is 85.5 Å². The summed E-state index contributed by atoms with van der Waals surface area (Å²) in [5, 5.41) is 2.72. The Labute approximate surface area is 231 Å². The second kappa shape index (κ2) is 13.5. The summed E-state index contributed by atoms with van der Waals surface area (Å²) >= 11 is 0. The van der Waals surface area contributed by atoms with E-state index in [4.69, 9.17) is 9.47 Å². The van der Waals surface area contributed by atoms with Crippen molar-refractivity contribution >= 4 is 23.7 Å². The Bertz CT molecular complexity index is 1240. The van der Waals surface area contributed by atoms with E-state index in [9.17, 15) is 23.2 Å². The number of halogens is 2. The van der Waals surface area contributed by atoms with Crippen LogP contribution in [0.5, 0.6) is 0 Å². The highest BCUT2D eigenvalue weighted by Gasteiger charge is 2.47. The largest absolute Gasteiger partial charge is 0.468 e. The lowest BCUT2D eigenvalue weighted by Gasteiger charge is -2.37. The number of hydrogen-bond donors (Lipinski definition) is 1. The van der Waals surface area contributed by atoms with Gasteiger partial charge in [-0.15, -0.1) is 0 Å². The number of rotatable bonds is 9. The highest BCUT2D eigenvalue weighted by atomic mass is 19.2. The summed E-state index contributed by atoms with van der Waals surface area (Å²) in [4.78, 5) is 50.6. The van der Waals surface area contributed by atoms with Gasteiger partial charge in [-0.3, -0.25) is 9.78 Å². The number of hydrogen-bond acceptors (Lipinski definition) is 7. The lowest BCUT2D eigenvalue weighted by atomic mass is 9.86. The molecular formula is C28H33F2N5O5. The summed E-state index contributed by atoms with van der Waals surface area (Å²) in [7, 11) is 2.50. The zero-order valence-electron chi connectivity index (χ0n) is 22.5. The van der Waals surface area contributed by atoms with Crippen molar-refractivity contribution in [1.82, 2.24) is 20.1 Å². The van der Waals surface area contributed by atoms with Crippen LogP contribution < -0.4 is 5.32 Å². The van der Waals surface area contributed by atoms with Crippen LogP contribution in [0.3, 0.4) is 0 Å². The van der Waals surface area contributed by atoms with Gasteiger partial charge in [0, 0.05) is 31.5 Å². The molecule has 0 spiro atoms. The summed E-state index contributed by atoms with van der Waals surface area (Å²) in [6, 6.07) is 5.84. The van der Waals surface area contributed by atoms with Crippen molar-refractivity contribution in [3.63, 3.8) is 0 Å². The zero-order valence-corrected chi connectivity index (χ0v) is 22.5. The second-order valence-electron chi connectivity index (χ2n) is 9.76. The Hall–Kier alpha value is -3.77. The van der Waals surface area contributed by atoms with E-state index in [0.717, 1.165) is 62.3 Å². The fourth-order valence-electron chi connectivity index (χ4n) is 5.26. The topological polar surface area (TPSA) is 113 Å². The van der Waals surface area contributed by atoms with Gasteiger partial charge in [0.15, 0.2) is 11.6 Å². The van der Waals surface area contributed by atoms with Crippen LogP contribution in [0.2, 0.25) is 0 Å². The number of carbonyl (C=O) groups excluding carboxylic acids is 3. The fourth-order valence-corrected chi connectivity index (χ4v) is 5.26. The molecule has 0 radical (unpaired) electrons. The zero-order chi connectivity index (χ0) is 28.6. The Morgan fingerprint density at radius 1 is 1.10 bits per heavy atom. The number of amides is 4. The van der Waals surface area contributed by atoms with Gasteiger partial charge in [0.2, 0.25) is 0 Å². The number of benzene rings is 1. The van der Waals surface area contributed by atoms with E-state index in [1.807, 2.05) is 18.3 Å². The molecule has 1 aromatic heterocycles. The molecule has 1 aromatic carbocycles. The van der Waals surface area contributed by atoms with Crippen LogP contribution in [0.25, 0.3) is 0 Å². The molecule has 4 rings (SSSR count). The standard InChI is InChI=1S/C28H33F2N5O5/c1-39-17-23-24(26(36)40-2)25(19-7-8-20(29)21(30)16-19)35(28(38)33-23)27(37)32-12-5-13-34-14-9-18(10-15-34)22-6-3-4-11-31-22/h3-4,6-8,11,16,18,24-25H,5,9-10,12-15,17H2,1-2H3,(H,32,37). The first-order chi connectivity index (χ1) is 19.3. The number of piperidine rings is 1. The fraction of sp³-hybridized carbons (Fsp3) is 0.464. The first-order valence-corrected chi connectivity index (χ1v) is 13.2. The number of pyridine rings is 1. The van der Waals surface area contributed by atoms with Crippen LogP contribution in [0.4, 0.5) is 18.4 Å². The summed E-state index contributed by atoms with van der Waals surface area (Å²) in [5.74, 6) is -3.92. The van der Waals surface area contributed by atoms with Gasteiger partial charge in [-0.2, -0.15) is 4.99 Å². The van der Waals surface area contributed by atoms with E-state index in [1.54, 1.807) is 0 Å². The Morgan fingerprint density at radius 3 is 2.52 bits per heavy atom. The van der Waals surface area contributed by atoms with Gasteiger partial charge in [-0.25, -0.2) is 23.3 Å². The number of nitrogens with one attached hydrogen (secondary N) is 1. The molecular weight excluding hydrogens is 524 g/mol. The molecule has 12 heteroatoms. The van der Waals surface area contributed by atoms with Crippen molar-refractivity contribution in [2.45, 2.75) is 31.2 Å². The molecule has 2 aliphatic rings. The summed E-state index contributed by atoms with van der Waals surface area (Å²) < 4.78 is 37.9. The third kappa shape index (κ3) is 6.68. The average molecular weight is 558 g/mol. The molecule has 2 atom stereocenters. The van der Waals surface area contributed by atoms with Gasteiger partial charge < -0.3 is 19.7 Å². The minimum atomic E-state index is -1.32. The van der Waals surface area contributed by atoms with E-state index in [-0.39, 0.29) is 24.4 Å². The molecule has 1 fully saturated rings. The molecule has 1 N–H and O–H groups in total. The predicted octanol–water partition coefficient (Wildman–Crippen LogP) is 3.69. The SMILES string of the molecule is COCC1=NC(=O)N(C(=O)NCCCN2CCC(c3ccccn3)CC2)C(c2ccc(F)c(F)c2)C1C(=O)OC. The number of likely N-dealkylation sites (tertiary alicyclic amines) is 1. The third-order valence-electron chi connectivity index (χ3n) is 7.27. The summed E-state index contributed by atoms with van der Waals surface area (Å²) in [5.41, 5.74) is 1.17. The monoisotopic (exact) mass is 557 g/mol. The minimum Gasteiger partial charge on any atom is -0.468 e. The number of ether oxygens (including phenoxy) is 2. The molecule has 2 aromatic rings. The predicted molar refractivity (Wildman–Crippen MR) is 142 cm³/mol. The minimum absolute atomic E-state index is 0.0206. The number of aromatic nitrogens is 1. The number of aliphatic imine (C=N–C) groups is 1. The number of methoxy groups -OCH3 is 2. The molecule has 10 nitrogen and oxygen atoms in total. The van der Waals surface area contributed by atoms with Crippen LogP contribution in [0, 0.1) is 17.6 Å². The van der Waals surface area contributed by atoms with E-state index in [1.165, 1.54) is 13.2 Å². The molecule has 40 heavy (non-hydrogen) atoms. The Kier molecular flexibility index (Phi) is 9.88. The highest BCUT2D eigenvalue weighted by molar-refractivity contribution is 6.12. The average Bonchev–Trinajstić information content (AvgIpc) is 2.97. The maximum atomic E-state index is 14.2. The van der Waals surface area contributed by atoms with Crippen molar-refractivity contribution in [3.05, 3.63) is 65.5 Å². The van der Waals surface area contributed by atoms with Gasteiger partial charge in [-0.05, 0) is 68.7 Å². The van der Waals surface area contributed by atoms with Crippen molar-refractivity contribution in [3.8, 4) is 0 Å². The van der Waals surface area contributed by atoms with Gasteiger partial charge in [0.1, 0.15) is 5.92 Å². The molecule has 3 heterocycles. The highest BCUT2D eigenvalue weighted by Crippen LogP contribution is 2.36. The van der Waals surface area contributed by atoms with Crippen LogP contribution in [0.1, 0.15) is 42.5 Å². The van der Waals surface area contributed by atoms with Crippen LogP contribution in [0.15, 0.2) is 47.6 Å². The van der Waals surface area contributed by atoms with E-state index in [2.05, 4.69) is 26.3 Å². The number of esters is 1. The quantitative estimate of drug-likeness (QED) is 0.370. The Balaban J connectivity index is 1.42. The second-order valence-corrected chi connectivity index (χ2v) is 9.76. The number of urea groups is 2. The first-order valence-electron chi connectivity index (χ1n) is 13.2. The van der Waals surface area contributed by atoms with Crippen molar-refractivity contribution in [1.29, 1.82) is 0 Å². The Morgan fingerprint density at radius 2 is 1.88 bits per heavy atom. The van der Waals surface area contributed by atoms with E-state index >= 15 is 0 Å². The molecule has 1 saturated heterocycles. The summed E-state index contributed by atoms with van der Waals surface area (Å²) in [6.07, 6.45) is 4.43.